The Balaban J connectivity index is 2.06. The molecule has 1 saturated heterocycles. The predicted molar refractivity (Wildman–Crippen MR) is 71.4 cm³/mol. The molecule has 2 rings (SSSR count). The van der Waals surface area contributed by atoms with Crippen molar-refractivity contribution in [3.8, 4) is 0 Å². The average molecular weight is 266 g/mol. The van der Waals surface area contributed by atoms with E-state index in [-0.39, 0.29) is 13.0 Å². The molecule has 2 atom stereocenters. The Morgan fingerprint density at radius 1 is 1.39 bits per heavy atom. The lowest BCUT2D eigenvalue weighted by Crippen LogP contribution is -2.42. The number of aliphatic hydroxyl groups is 1. The van der Waals surface area contributed by atoms with Crippen LogP contribution in [0.1, 0.15) is 6.42 Å². The molecular formula is C12H14N2O3S. The van der Waals surface area contributed by atoms with Crippen LogP contribution in [0, 0.1) is 0 Å². The maximum Gasteiger partial charge on any atom is 0.326 e. The van der Waals surface area contributed by atoms with Gasteiger partial charge in [0, 0.05) is 18.7 Å². The van der Waals surface area contributed by atoms with Crippen molar-refractivity contribution in [2.24, 2.45) is 0 Å². The summed E-state index contributed by atoms with van der Waals surface area (Å²) in [7, 11) is 0. The topological polar surface area (TPSA) is 72.8 Å². The van der Waals surface area contributed by atoms with Crippen LogP contribution in [0.15, 0.2) is 30.3 Å². The number of likely N-dealkylation sites (tertiary alicyclic amines) is 1. The van der Waals surface area contributed by atoms with E-state index in [1.165, 1.54) is 4.90 Å². The molecule has 1 aliphatic rings. The van der Waals surface area contributed by atoms with Crippen LogP contribution in [0.2, 0.25) is 0 Å². The number of carboxylic acid groups (broad SMARTS) is 1. The zero-order valence-corrected chi connectivity index (χ0v) is 10.4. The summed E-state index contributed by atoms with van der Waals surface area (Å²) < 4.78 is 0. The highest BCUT2D eigenvalue weighted by molar-refractivity contribution is 7.80. The molecule has 0 aliphatic carbocycles. The van der Waals surface area contributed by atoms with Gasteiger partial charge in [-0.3, -0.25) is 0 Å². The molecule has 1 heterocycles. The van der Waals surface area contributed by atoms with Crippen molar-refractivity contribution < 1.29 is 15.0 Å². The van der Waals surface area contributed by atoms with Crippen molar-refractivity contribution in [3.63, 3.8) is 0 Å². The number of nitrogens with zero attached hydrogens (tertiary/aromatic N) is 1. The highest BCUT2D eigenvalue weighted by Gasteiger charge is 2.37. The van der Waals surface area contributed by atoms with E-state index in [1.807, 2.05) is 30.3 Å². The van der Waals surface area contributed by atoms with Crippen LogP contribution in [0.5, 0.6) is 0 Å². The van der Waals surface area contributed by atoms with Gasteiger partial charge in [-0.2, -0.15) is 0 Å². The van der Waals surface area contributed by atoms with Crippen LogP contribution in [0.4, 0.5) is 5.69 Å². The maximum absolute atomic E-state index is 11.1. The quantitative estimate of drug-likeness (QED) is 0.691. The third-order valence-corrected chi connectivity index (χ3v) is 3.19. The van der Waals surface area contributed by atoms with Crippen LogP contribution in [0.3, 0.4) is 0 Å². The van der Waals surface area contributed by atoms with Crippen molar-refractivity contribution in [2.75, 3.05) is 11.9 Å². The lowest BCUT2D eigenvalue weighted by atomic mass is 10.2. The normalized spacial score (nSPS) is 22.8. The fourth-order valence-corrected chi connectivity index (χ4v) is 2.31. The largest absolute Gasteiger partial charge is 0.480 e. The highest BCUT2D eigenvalue weighted by atomic mass is 32.1. The lowest BCUT2D eigenvalue weighted by Gasteiger charge is -2.24. The number of hydrogen-bond acceptors (Lipinski definition) is 3. The predicted octanol–water partition coefficient (Wildman–Crippen LogP) is 0.903. The molecule has 1 aromatic carbocycles. The summed E-state index contributed by atoms with van der Waals surface area (Å²) >= 11 is 5.19. The average Bonchev–Trinajstić information content (AvgIpc) is 2.73. The zero-order valence-electron chi connectivity index (χ0n) is 9.61. The number of carbonyl (C=O) groups is 1. The van der Waals surface area contributed by atoms with Crippen LogP contribution in [0.25, 0.3) is 0 Å². The number of anilines is 1. The van der Waals surface area contributed by atoms with Crippen LogP contribution in [-0.2, 0) is 4.79 Å². The molecule has 1 aromatic rings. The fourth-order valence-electron chi connectivity index (χ4n) is 1.99. The Bertz CT molecular complexity index is 452. The van der Waals surface area contributed by atoms with Gasteiger partial charge in [-0.25, -0.2) is 4.79 Å². The highest BCUT2D eigenvalue weighted by Crippen LogP contribution is 2.19. The van der Waals surface area contributed by atoms with Crippen molar-refractivity contribution in [2.45, 2.75) is 18.6 Å². The standard InChI is InChI=1S/C12H14N2O3S/c15-9-6-10(11(16)17)14(7-9)12(18)13-8-4-2-1-3-5-8/h1-5,9-10,15H,6-7H2,(H,13,18)(H,16,17)/t9-,10+/m0/s1. The van der Waals surface area contributed by atoms with E-state index in [9.17, 15) is 9.90 Å². The van der Waals surface area contributed by atoms with Crippen molar-refractivity contribution in [1.29, 1.82) is 0 Å². The molecule has 18 heavy (non-hydrogen) atoms. The minimum absolute atomic E-state index is 0.200. The first-order chi connectivity index (χ1) is 8.58. The molecule has 0 aromatic heterocycles. The third-order valence-electron chi connectivity index (χ3n) is 2.85. The van der Waals surface area contributed by atoms with Gasteiger partial charge < -0.3 is 20.4 Å². The number of aliphatic carboxylic acids is 1. The molecule has 3 N–H and O–H groups in total. The number of benzene rings is 1. The molecule has 1 aliphatic heterocycles. The Hall–Kier alpha value is -1.66. The number of hydrogen-bond donors (Lipinski definition) is 3. The van der Waals surface area contributed by atoms with Gasteiger partial charge in [-0.05, 0) is 24.4 Å². The smallest absolute Gasteiger partial charge is 0.326 e. The van der Waals surface area contributed by atoms with Gasteiger partial charge in [0.25, 0.3) is 0 Å². The van der Waals surface area contributed by atoms with E-state index in [4.69, 9.17) is 17.3 Å². The van der Waals surface area contributed by atoms with Crippen molar-refractivity contribution >= 4 is 29.0 Å². The molecule has 0 unspecified atom stereocenters. The molecule has 1 fully saturated rings. The zero-order chi connectivity index (χ0) is 13.1. The Kier molecular flexibility index (Phi) is 3.78. The molecule has 0 bridgehead atoms. The Morgan fingerprint density at radius 3 is 2.67 bits per heavy atom. The Morgan fingerprint density at radius 2 is 2.06 bits per heavy atom. The second kappa shape index (κ2) is 5.32. The second-order valence-electron chi connectivity index (χ2n) is 4.19. The first kappa shape index (κ1) is 12.8. The van der Waals surface area contributed by atoms with E-state index in [1.54, 1.807) is 0 Å². The molecule has 0 spiro atoms. The van der Waals surface area contributed by atoms with E-state index in [0.717, 1.165) is 5.69 Å². The molecule has 0 amide bonds. The van der Waals surface area contributed by atoms with Gasteiger partial charge in [-0.1, -0.05) is 18.2 Å². The van der Waals surface area contributed by atoms with E-state index < -0.39 is 18.1 Å². The number of carboxylic acids is 1. The first-order valence-corrected chi connectivity index (χ1v) is 6.02. The second-order valence-corrected chi connectivity index (χ2v) is 4.58. The Labute approximate surface area is 110 Å². The van der Waals surface area contributed by atoms with Crippen LogP contribution >= 0.6 is 12.2 Å². The minimum atomic E-state index is -0.969. The molecule has 96 valence electrons. The molecule has 5 nitrogen and oxygen atoms in total. The third kappa shape index (κ3) is 2.77. The summed E-state index contributed by atoms with van der Waals surface area (Å²) in [6, 6.07) is 8.53. The summed E-state index contributed by atoms with van der Waals surface area (Å²) in [5.74, 6) is -0.969. The summed E-state index contributed by atoms with van der Waals surface area (Å²) in [5, 5.41) is 21.9. The van der Waals surface area contributed by atoms with E-state index in [2.05, 4.69) is 5.32 Å². The molecular weight excluding hydrogens is 252 g/mol. The van der Waals surface area contributed by atoms with Gasteiger partial charge in [0.15, 0.2) is 5.11 Å². The monoisotopic (exact) mass is 266 g/mol. The maximum atomic E-state index is 11.1. The summed E-state index contributed by atoms with van der Waals surface area (Å²) in [5.41, 5.74) is 0.799. The van der Waals surface area contributed by atoms with Crippen LogP contribution in [-0.4, -0.2) is 44.9 Å². The number of β-amino-alcohol motifs (C(OH)–C–C–N with tert-alkyl or cyclic N) is 1. The van der Waals surface area contributed by atoms with Crippen molar-refractivity contribution in [3.05, 3.63) is 30.3 Å². The molecule has 0 radical (unpaired) electrons. The van der Waals surface area contributed by atoms with E-state index in [0.29, 0.717) is 5.11 Å². The van der Waals surface area contributed by atoms with Gasteiger partial charge in [-0.15, -0.1) is 0 Å². The van der Waals surface area contributed by atoms with Gasteiger partial charge in [0.05, 0.1) is 6.10 Å². The number of aliphatic hydroxyl groups excluding tert-OH is 1. The summed E-state index contributed by atoms with van der Waals surface area (Å²) in [6.45, 7) is 0.246. The molecule has 0 saturated carbocycles. The number of thiocarbonyl (C=S) groups is 1. The number of para-hydroxylation sites is 1. The lowest BCUT2D eigenvalue weighted by molar-refractivity contribution is -0.140. The number of rotatable bonds is 2. The summed E-state index contributed by atoms with van der Waals surface area (Å²) in [6.07, 6.45) is -0.451. The number of nitrogens with one attached hydrogen (secondary N) is 1. The van der Waals surface area contributed by atoms with Crippen molar-refractivity contribution in [1.82, 2.24) is 4.90 Å². The van der Waals surface area contributed by atoms with Gasteiger partial charge >= 0.3 is 5.97 Å². The van der Waals surface area contributed by atoms with E-state index >= 15 is 0 Å². The van der Waals surface area contributed by atoms with Gasteiger partial charge in [0.2, 0.25) is 0 Å². The fraction of sp³-hybridized carbons (Fsp3) is 0.333. The van der Waals surface area contributed by atoms with Crippen LogP contribution < -0.4 is 5.32 Å². The molecule has 6 heteroatoms. The minimum Gasteiger partial charge on any atom is -0.480 e. The SMILES string of the molecule is O=C(O)[C@H]1C[C@H](O)CN1C(=S)Nc1ccccc1. The summed E-state index contributed by atoms with van der Waals surface area (Å²) in [4.78, 5) is 12.6. The first-order valence-electron chi connectivity index (χ1n) is 5.61. The van der Waals surface area contributed by atoms with Gasteiger partial charge in [0.1, 0.15) is 6.04 Å².